The molecule has 1 aromatic carbocycles. The molecule has 1 heterocycles. The zero-order valence-electron chi connectivity index (χ0n) is 9.31. The molecule has 0 radical (unpaired) electrons. The molecule has 0 amide bonds. The van der Waals surface area contributed by atoms with Gasteiger partial charge in [0, 0.05) is 6.07 Å². The second kappa shape index (κ2) is 4.57. The zero-order chi connectivity index (χ0) is 14.0. The summed E-state index contributed by atoms with van der Waals surface area (Å²) in [6, 6.07) is 3.20. The lowest BCUT2D eigenvalue weighted by Gasteiger charge is -2.05. The number of aromatic nitrogens is 1. The SMILES string of the molecule is Nc1ccc(S(=O)(=O)Nc2cnoc2)cc1[N+](=O)[O-]. The predicted molar refractivity (Wildman–Crippen MR) is 64.8 cm³/mol. The summed E-state index contributed by atoms with van der Waals surface area (Å²) in [4.78, 5) is 9.66. The van der Waals surface area contributed by atoms with E-state index in [1.165, 1.54) is 0 Å². The molecule has 0 aliphatic carbocycles. The van der Waals surface area contributed by atoms with Crippen molar-refractivity contribution in [2.75, 3.05) is 10.5 Å². The Morgan fingerprint density at radius 2 is 2.16 bits per heavy atom. The first-order chi connectivity index (χ1) is 8.90. The average molecular weight is 284 g/mol. The zero-order valence-corrected chi connectivity index (χ0v) is 10.1. The van der Waals surface area contributed by atoms with Gasteiger partial charge in [-0.25, -0.2) is 8.42 Å². The van der Waals surface area contributed by atoms with Crippen molar-refractivity contribution in [3.05, 3.63) is 40.8 Å². The number of sulfonamides is 1. The van der Waals surface area contributed by atoms with Gasteiger partial charge in [-0.15, -0.1) is 0 Å². The molecule has 100 valence electrons. The van der Waals surface area contributed by atoms with Gasteiger partial charge in [-0.05, 0) is 12.1 Å². The Morgan fingerprint density at radius 3 is 2.74 bits per heavy atom. The molecule has 0 fully saturated rings. The molecule has 0 unspecified atom stereocenters. The van der Waals surface area contributed by atoms with Crippen molar-refractivity contribution in [1.29, 1.82) is 0 Å². The van der Waals surface area contributed by atoms with Crippen molar-refractivity contribution in [2.45, 2.75) is 4.90 Å². The third kappa shape index (κ3) is 2.63. The summed E-state index contributed by atoms with van der Waals surface area (Å²) in [6.07, 6.45) is 2.24. The fourth-order valence-electron chi connectivity index (χ4n) is 1.32. The molecule has 0 saturated carbocycles. The summed E-state index contributed by atoms with van der Waals surface area (Å²) in [5, 5.41) is 14.0. The molecule has 0 aliphatic rings. The number of nitrogen functional groups attached to an aromatic ring is 1. The van der Waals surface area contributed by atoms with Gasteiger partial charge in [0.15, 0.2) is 0 Å². The molecular weight excluding hydrogens is 276 g/mol. The highest BCUT2D eigenvalue weighted by atomic mass is 32.2. The maximum atomic E-state index is 11.9. The molecule has 1 aromatic heterocycles. The Hall–Kier alpha value is -2.62. The number of nitrogens with two attached hydrogens (primary N) is 1. The molecule has 9 nitrogen and oxygen atoms in total. The van der Waals surface area contributed by atoms with Crippen molar-refractivity contribution in [3.8, 4) is 0 Å². The molecule has 0 aliphatic heterocycles. The van der Waals surface area contributed by atoms with Crippen LogP contribution in [0.25, 0.3) is 0 Å². The molecule has 10 heteroatoms. The lowest BCUT2D eigenvalue weighted by atomic mass is 10.3. The Morgan fingerprint density at radius 1 is 1.42 bits per heavy atom. The van der Waals surface area contributed by atoms with Crippen molar-refractivity contribution in [3.63, 3.8) is 0 Å². The molecule has 3 N–H and O–H groups in total. The standard InChI is InChI=1S/C9H8N4O5S/c10-8-2-1-7(3-9(8)13(14)15)19(16,17)12-6-4-11-18-5-6/h1-5,12H,10H2. The number of benzene rings is 1. The van der Waals surface area contributed by atoms with Gasteiger partial charge >= 0.3 is 0 Å². The first-order valence-electron chi connectivity index (χ1n) is 4.86. The number of nitrogens with zero attached hydrogens (tertiary/aromatic N) is 2. The van der Waals surface area contributed by atoms with Crippen LogP contribution in [-0.2, 0) is 10.0 Å². The highest BCUT2D eigenvalue weighted by molar-refractivity contribution is 7.92. The number of nitro groups is 1. The average Bonchev–Trinajstić information content (AvgIpc) is 2.80. The summed E-state index contributed by atoms with van der Waals surface area (Å²) >= 11 is 0. The summed E-state index contributed by atoms with van der Waals surface area (Å²) in [5.74, 6) is 0. The first kappa shape index (κ1) is 12.8. The van der Waals surface area contributed by atoms with Crippen molar-refractivity contribution >= 4 is 27.1 Å². The van der Waals surface area contributed by atoms with Crippen LogP contribution in [0.3, 0.4) is 0 Å². The van der Waals surface area contributed by atoms with E-state index >= 15 is 0 Å². The number of rotatable bonds is 4. The lowest BCUT2D eigenvalue weighted by Crippen LogP contribution is -2.13. The van der Waals surface area contributed by atoms with Gasteiger partial charge in [-0.1, -0.05) is 5.16 Å². The minimum absolute atomic E-state index is 0.111. The Bertz CT molecular complexity index is 710. The van der Waals surface area contributed by atoms with Crippen LogP contribution in [0, 0.1) is 10.1 Å². The van der Waals surface area contributed by atoms with Gasteiger partial charge < -0.3 is 10.3 Å². The highest BCUT2D eigenvalue weighted by Gasteiger charge is 2.20. The summed E-state index contributed by atoms with van der Waals surface area (Å²) in [7, 11) is -3.97. The number of nitrogens with one attached hydrogen (secondary N) is 1. The minimum atomic E-state index is -3.97. The number of nitro benzene ring substituents is 1. The third-order valence-electron chi connectivity index (χ3n) is 2.19. The molecule has 0 spiro atoms. The summed E-state index contributed by atoms with van der Waals surface area (Å²) < 4.78 is 30.5. The van der Waals surface area contributed by atoms with E-state index in [0.29, 0.717) is 0 Å². The first-order valence-corrected chi connectivity index (χ1v) is 6.34. The summed E-state index contributed by atoms with van der Waals surface area (Å²) in [6.45, 7) is 0. The van der Waals surface area contributed by atoms with Crippen LogP contribution in [0.4, 0.5) is 17.1 Å². The maximum Gasteiger partial charge on any atom is 0.293 e. The Kier molecular flexibility index (Phi) is 3.09. The molecule has 0 saturated heterocycles. The van der Waals surface area contributed by atoms with E-state index in [1.54, 1.807) is 0 Å². The highest BCUT2D eigenvalue weighted by Crippen LogP contribution is 2.25. The van der Waals surface area contributed by atoms with Crippen LogP contribution in [0.5, 0.6) is 0 Å². The number of hydrogen-bond donors (Lipinski definition) is 2. The van der Waals surface area contributed by atoms with Gasteiger partial charge in [-0.2, -0.15) is 0 Å². The summed E-state index contributed by atoms with van der Waals surface area (Å²) in [5.41, 5.74) is 4.90. The number of hydrogen-bond acceptors (Lipinski definition) is 7. The molecule has 2 rings (SSSR count). The van der Waals surface area contributed by atoms with Crippen LogP contribution in [0.2, 0.25) is 0 Å². The van der Waals surface area contributed by atoms with Gasteiger partial charge in [0.25, 0.3) is 15.7 Å². The lowest BCUT2D eigenvalue weighted by molar-refractivity contribution is -0.384. The normalized spacial score (nSPS) is 11.2. The van der Waals surface area contributed by atoms with Crippen LogP contribution in [0.15, 0.2) is 40.1 Å². The fraction of sp³-hybridized carbons (Fsp3) is 0. The molecule has 2 aromatic rings. The van der Waals surface area contributed by atoms with Gasteiger partial charge in [0.1, 0.15) is 17.6 Å². The Balaban J connectivity index is 2.41. The van der Waals surface area contributed by atoms with Gasteiger partial charge in [0.2, 0.25) is 0 Å². The van der Waals surface area contributed by atoms with Crippen LogP contribution >= 0.6 is 0 Å². The van der Waals surface area contributed by atoms with Crippen LogP contribution in [-0.4, -0.2) is 18.5 Å². The van der Waals surface area contributed by atoms with Crippen molar-refractivity contribution in [1.82, 2.24) is 5.16 Å². The van der Waals surface area contributed by atoms with Crippen LogP contribution in [0.1, 0.15) is 0 Å². The van der Waals surface area contributed by atoms with E-state index in [1.807, 2.05) is 0 Å². The second-order valence-electron chi connectivity index (χ2n) is 3.50. The molecule has 0 atom stereocenters. The van der Waals surface area contributed by atoms with E-state index < -0.39 is 20.6 Å². The smallest absolute Gasteiger partial charge is 0.293 e. The second-order valence-corrected chi connectivity index (χ2v) is 5.18. The molecule has 0 bridgehead atoms. The predicted octanol–water partition coefficient (Wildman–Crippen LogP) is 0.966. The largest absolute Gasteiger partial charge is 0.393 e. The monoisotopic (exact) mass is 284 g/mol. The van der Waals surface area contributed by atoms with E-state index in [0.717, 1.165) is 30.7 Å². The van der Waals surface area contributed by atoms with Crippen molar-refractivity contribution in [2.24, 2.45) is 0 Å². The topological polar surface area (TPSA) is 141 Å². The number of anilines is 2. The van der Waals surface area contributed by atoms with Crippen molar-refractivity contribution < 1.29 is 17.9 Å². The molecule has 19 heavy (non-hydrogen) atoms. The van der Waals surface area contributed by atoms with E-state index in [2.05, 4.69) is 14.4 Å². The Labute approximate surface area is 107 Å². The maximum absolute atomic E-state index is 11.9. The minimum Gasteiger partial charge on any atom is -0.393 e. The van der Waals surface area contributed by atoms with E-state index in [-0.39, 0.29) is 16.3 Å². The quantitative estimate of drug-likeness (QED) is 0.483. The van der Waals surface area contributed by atoms with E-state index in [4.69, 9.17) is 5.73 Å². The van der Waals surface area contributed by atoms with Crippen LogP contribution < -0.4 is 10.5 Å². The van der Waals surface area contributed by atoms with Gasteiger partial charge in [-0.3, -0.25) is 14.8 Å². The van der Waals surface area contributed by atoms with E-state index in [9.17, 15) is 18.5 Å². The van der Waals surface area contributed by atoms with Gasteiger partial charge in [0.05, 0.1) is 16.0 Å². The third-order valence-corrected chi connectivity index (χ3v) is 3.57. The molecular formula is C9H8N4O5S. The fourth-order valence-corrected chi connectivity index (χ4v) is 2.36.